The average molecular weight is 433 g/mol. The predicted molar refractivity (Wildman–Crippen MR) is 123 cm³/mol. The lowest BCUT2D eigenvalue weighted by Gasteiger charge is -2.13. The molecule has 0 spiro atoms. The number of methoxy groups -OCH3 is 1. The van der Waals surface area contributed by atoms with E-state index >= 15 is 0 Å². The average Bonchev–Trinajstić information content (AvgIpc) is 2.82. The highest BCUT2D eigenvalue weighted by Crippen LogP contribution is 2.32. The number of fused-ring (bicyclic) bond motifs is 1. The molecular weight excluding hydrogens is 412 g/mol. The van der Waals surface area contributed by atoms with Crippen molar-refractivity contribution >= 4 is 28.3 Å². The summed E-state index contributed by atoms with van der Waals surface area (Å²) in [6.45, 7) is 0.309. The molecule has 0 aliphatic heterocycles. The van der Waals surface area contributed by atoms with Crippen LogP contribution in [0.25, 0.3) is 21.9 Å². The fourth-order valence-corrected chi connectivity index (χ4v) is 3.50. The van der Waals surface area contributed by atoms with Gasteiger partial charge in [-0.05, 0) is 64.5 Å². The third-order valence-electron chi connectivity index (χ3n) is 4.95. The number of ether oxygens (including phenoxy) is 2. The Kier molecular flexibility index (Phi) is 6.34. The lowest BCUT2D eigenvalue weighted by atomic mass is 9.96. The fourth-order valence-electron chi connectivity index (χ4n) is 3.37. The van der Waals surface area contributed by atoms with Crippen LogP contribution in [0.3, 0.4) is 0 Å². The van der Waals surface area contributed by atoms with Crippen LogP contribution in [0.15, 0.2) is 79.1 Å². The van der Waals surface area contributed by atoms with Crippen LogP contribution in [0.5, 0.6) is 11.5 Å². The van der Waals surface area contributed by atoms with E-state index in [-0.39, 0.29) is 12.5 Å². The Morgan fingerprint density at radius 2 is 1.84 bits per heavy atom. The number of pyridine rings is 1. The van der Waals surface area contributed by atoms with E-state index in [1.54, 1.807) is 37.6 Å². The Labute approximate surface area is 185 Å². The summed E-state index contributed by atoms with van der Waals surface area (Å²) in [4.78, 5) is 16.5. The maximum Gasteiger partial charge on any atom is 0.258 e. The smallest absolute Gasteiger partial charge is 0.258 e. The molecule has 0 aliphatic carbocycles. The van der Waals surface area contributed by atoms with Gasteiger partial charge in [-0.1, -0.05) is 35.9 Å². The number of hydrogen-bond donors (Lipinski definition) is 1. The van der Waals surface area contributed by atoms with E-state index in [0.717, 1.165) is 33.2 Å². The van der Waals surface area contributed by atoms with Gasteiger partial charge in [0.1, 0.15) is 11.5 Å². The number of hydrogen-bond acceptors (Lipinski definition) is 4. The quantitative estimate of drug-likeness (QED) is 0.432. The van der Waals surface area contributed by atoms with Crippen molar-refractivity contribution in [3.05, 3.63) is 89.7 Å². The second-order valence-electron chi connectivity index (χ2n) is 6.94. The summed E-state index contributed by atoms with van der Waals surface area (Å²) in [6, 6.07) is 20.9. The van der Waals surface area contributed by atoms with Crippen LogP contribution < -0.4 is 14.8 Å². The van der Waals surface area contributed by atoms with Crippen LogP contribution in [-0.4, -0.2) is 24.6 Å². The number of carbonyl (C=O) groups excluding carboxylic acids is 1. The van der Waals surface area contributed by atoms with Gasteiger partial charge in [-0.2, -0.15) is 0 Å². The highest BCUT2D eigenvalue weighted by atomic mass is 35.5. The first-order valence-electron chi connectivity index (χ1n) is 9.79. The number of carbonyl (C=O) groups is 1. The van der Waals surface area contributed by atoms with Gasteiger partial charge in [-0.15, -0.1) is 0 Å². The minimum atomic E-state index is -0.205. The monoisotopic (exact) mass is 432 g/mol. The SMILES string of the molecule is COc1cccc(-c2ccc(CNC(=O)COc3ccc(Cl)cc3)c3cnccc23)c1. The molecule has 4 rings (SSSR count). The van der Waals surface area contributed by atoms with Gasteiger partial charge in [-0.3, -0.25) is 9.78 Å². The van der Waals surface area contributed by atoms with Crippen LogP contribution in [0.4, 0.5) is 0 Å². The number of halogens is 1. The summed E-state index contributed by atoms with van der Waals surface area (Å²) in [5, 5.41) is 5.58. The molecule has 1 amide bonds. The fraction of sp³-hybridized carbons (Fsp3) is 0.120. The number of nitrogens with zero attached hydrogens (tertiary/aromatic N) is 1. The molecule has 5 nitrogen and oxygen atoms in total. The summed E-state index contributed by atoms with van der Waals surface area (Å²) >= 11 is 5.86. The van der Waals surface area contributed by atoms with Crippen molar-refractivity contribution in [3.63, 3.8) is 0 Å². The van der Waals surface area contributed by atoms with E-state index < -0.39 is 0 Å². The highest BCUT2D eigenvalue weighted by molar-refractivity contribution is 6.30. The highest BCUT2D eigenvalue weighted by Gasteiger charge is 2.10. The van der Waals surface area contributed by atoms with Crippen molar-refractivity contribution in [2.45, 2.75) is 6.54 Å². The number of amides is 1. The molecule has 1 heterocycles. The molecule has 0 saturated heterocycles. The number of benzene rings is 3. The largest absolute Gasteiger partial charge is 0.497 e. The van der Waals surface area contributed by atoms with E-state index in [1.165, 1.54) is 0 Å². The van der Waals surface area contributed by atoms with Crippen LogP contribution in [0.1, 0.15) is 5.56 Å². The molecule has 0 aliphatic rings. The molecule has 0 saturated carbocycles. The Bertz CT molecular complexity index is 1210. The zero-order valence-corrected chi connectivity index (χ0v) is 17.7. The van der Waals surface area contributed by atoms with Gasteiger partial charge >= 0.3 is 0 Å². The first-order valence-corrected chi connectivity index (χ1v) is 10.2. The number of nitrogens with one attached hydrogen (secondary N) is 1. The Hall–Kier alpha value is -3.57. The van der Waals surface area contributed by atoms with Gasteiger partial charge in [0, 0.05) is 29.3 Å². The van der Waals surface area contributed by atoms with Crippen LogP contribution in [0, 0.1) is 0 Å². The van der Waals surface area contributed by atoms with Gasteiger partial charge in [0.25, 0.3) is 5.91 Å². The van der Waals surface area contributed by atoms with Crippen molar-refractivity contribution in [1.82, 2.24) is 10.3 Å². The maximum atomic E-state index is 12.3. The van der Waals surface area contributed by atoms with E-state index in [0.29, 0.717) is 17.3 Å². The topological polar surface area (TPSA) is 60.5 Å². The standard InChI is InChI=1S/C25H21ClN2O3/c1-30-21-4-2-3-17(13-21)22-10-5-18(24-15-27-12-11-23(22)24)14-28-25(29)16-31-20-8-6-19(26)7-9-20/h2-13,15H,14,16H2,1H3,(H,28,29). The second-order valence-corrected chi connectivity index (χ2v) is 7.38. The van der Waals surface area contributed by atoms with E-state index in [2.05, 4.69) is 16.4 Å². The summed E-state index contributed by atoms with van der Waals surface area (Å²) in [5.74, 6) is 1.19. The van der Waals surface area contributed by atoms with E-state index in [9.17, 15) is 4.79 Å². The van der Waals surface area contributed by atoms with Crippen molar-refractivity contribution in [1.29, 1.82) is 0 Å². The lowest BCUT2D eigenvalue weighted by Crippen LogP contribution is -2.28. The molecule has 1 aromatic heterocycles. The van der Waals surface area contributed by atoms with Crippen LogP contribution >= 0.6 is 11.6 Å². The van der Waals surface area contributed by atoms with Gasteiger partial charge in [0.05, 0.1) is 7.11 Å². The lowest BCUT2D eigenvalue weighted by molar-refractivity contribution is -0.123. The molecule has 0 unspecified atom stereocenters. The maximum absolute atomic E-state index is 12.3. The van der Waals surface area contributed by atoms with E-state index in [4.69, 9.17) is 21.1 Å². The minimum Gasteiger partial charge on any atom is -0.497 e. The molecule has 156 valence electrons. The summed E-state index contributed by atoms with van der Waals surface area (Å²) in [7, 11) is 1.66. The summed E-state index contributed by atoms with van der Waals surface area (Å²) in [6.07, 6.45) is 3.60. The first kappa shape index (κ1) is 20.7. The van der Waals surface area contributed by atoms with Gasteiger partial charge in [0.2, 0.25) is 0 Å². The summed E-state index contributed by atoms with van der Waals surface area (Å²) < 4.78 is 10.9. The zero-order valence-electron chi connectivity index (χ0n) is 17.0. The number of rotatable bonds is 7. The molecule has 0 atom stereocenters. The number of aromatic nitrogens is 1. The Morgan fingerprint density at radius 3 is 2.65 bits per heavy atom. The van der Waals surface area contributed by atoms with Crippen molar-refractivity contribution in [2.75, 3.05) is 13.7 Å². The van der Waals surface area contributed by atoms with Gasteiger partial charge in [0.15, 0.2) is 6.61 Å². The summed E-state index contributed by atoms with van der Waals surface area (Å²) in [5.41, 5.74) is 3.12. The first-order chi connectivity index (χ1) is 15.1. The third kappa shape index (κ3) is 4.95. The molecule has 3 aromatic carbocycles. The Morgan fingerprint density at radius 1 is 1.00 bits per heavy atom. The molecule has 0 bridgehead atoms. The normalized spacial score (nSPS) is 10.6. The predicted octanol–water partition coefficient (Wildman–Crippen LogP) is 5.26. The van der Waals surface area contributed by atoms with E-state index in [1.807, 2.05) is 42.6 Å². The molecule has 0 radical (unpaired) electrons. The Balaban J connectivity index is 1.49. The van der Waals surface area contributed by atoms with Crippen LogP contribution in [-0.2, 0) is 11.3 Å². The molecule has 0 fully saturated rings. The van der Waals surface area contributed by atoms with Crippen molar-refractivity contribution in [2.24, 2.45) is 0 Å². The molecule has 6 heteroatoms. The van der Waals surface area contributed by atoms with Crippen molar-refractivity contribution in [3.8, 4) is 22.6 Å². The zero-order chi connectivity index (χ0) is 21.6. The second kappa shape index (κ2) is 9.49. The van der Waals surface area contributed by atoms with Crippen LogP contribution in [0.2, 0.25) is 5.02 Å². The molecule has 1 N–H and O–H groups in total. The van der Waals surface area contributed by atoms with Crippen molar-refractivity contribution < 1.29 is 14.3 Å². The molecular formula is C25H21ClN2O3. The third-order valence-corrected chi connectivity index (χ3v) is 5.20. The molecule has 4 aromatic rings. The minimum absolute atomic E-state index is 0.0697. The van der Waals surface area contributed by atoms with Gasteiger partial charge < -0.3 is 14.8 Å². The van der Waals surface area contributed by atoms with Gasteiger partial charge in [-0.25, -0.2) is 0 Å². The molecule has 31 heavy (non-hydrogen) atoms.